The minimum Gasteiger partial charge on any atom is -0.381 e. The third-order valence-electron chi connectivity index (χ3n) is 2.91. The number of hydrogen-bond acceptors (Lipinski definition) is 3. The van der Waals surface area contributed by atoms with E-state index in [-0.39, 0.29) is 0 Å². The average Bonchev–Trinajstić information content (AvgIpc) is 2.75. The molecule has 0 aliphatic carbocycles. The second-order valence-electron chi connectivity index (χ2n) is 4.12. The summed E-state index contributed by atoms with van der Waals surface area (Å²) in [5, 5.41) is 3.51. The highest BCUT2D eigenvalue weighted by Crippen LogP contribution is 2.13. The van der Waals surface area contributed by atoms with Gasteiger partial charge in [-0.3, -0.25) is 0 Å². The topological polar surface area (TPSA) is 30.5 Å². The van der Waals surface area contributed by atoms with Crippen LogP contribution < -0.4 is 5.32 Å². The highest BCUT2D eigenvalue weighted by Gasteiger charge is 2.18. The SMILES string of the molecule is C1CC(CNCC2CCOC2)CO1. The van der Waals surface area contributed by atoms with Gasteiger partial charge in [0.1, 0.15) is 0 Å². The molecule has 0 spiro atoms. The maximum absolute atomic E-state index is 5.31. The summed E-state index contributed by atoms with van der Waals surface area (Å²) in [5.74, 6) is 1.50. The molecule has 3 heteroatoms. The fourth-order valence-electron chi connectivity index (χ4n) is 1.98. The van der Waals surface area contributed by atoms with E-state index in [2.05, 4.69) is 5.32 Å². The third-order valence-corrected chi connectivity index (χ3v) is 2.91. The van der Waals surface area contributed by atoms with Gasteiger partial charge in [-0.1, -0.05) is 0 Å². The quantitative estimate of drug-likeness (QED) is 0.697. The second kappa shape index (κ2) is 4.94. The molecule has 2 fully saturated rings. The van der Waals surface area contributed by atoms with E-state index in [1.165, 1.54) is 12.8 Å². The summed E-state index contributed by atoms with van der Waals surface area (Å²) >= 11 is 0. The van der Waals surface area contributed by atoms with E-state index in [4.69, 9.17) is 9.47 Å². The molecule has 0 aromatic rings. The van der Waals surface area contributed by atoms with Crippen molar-refractivity contribution in [1.29, 1.82) is 0 Å². The Balaban J connectivity index is 1.52. The highest BCUT2D eigenvalue weighted by molar-refractivity contribution is 4.70. The van der Waals surface area contributed by atoms with Crippen LogP contribution in [0.25, 0.3) is 0 Å². The lowest BCUT2D eigenvalue weighted by Crippen LogP contribution is -2.28. The molecule has 0 aromatic heterocycles. The first-order chi connectivity index (χ1) is 6.45. The summed E-state index contributed by atoms with van der Waals surface area (Å²) in [6.07, 6.45) is 2.46. The van der Waals surface area contributed by atoms with Crippen molar-refractivity contribution in [1.82, 2.24) is 5.32 Å². The lowest BCUT2D eigenvalue weighted by Gasteiger charge is -2.12. The van der Waals surface area contributed by atoms with Crippen molar-refractivity contribution < 1.29 is 9.47 Å². The monoisotopic (exact) mass is 185 g/mol. The summed E-state index contributed by atoms with van der Waals surface area (Å²) in [4.78, 5) is 0. The molecule has 0 amide bonds. The van der Waals surface area contributed by atoms with Gasteiger partial charge in [-0.25, -0.2) is 0 Å². The Morgan fingerprint density at radius 1 is 0.923 bits per heavy atom. The van der Waals surface area contributed by atoms with E-state index in [0.717, 1.165) is 51.4 Å². The number of nitrogens with one attached hydrogen (secondary N) is 1. The smallest absolute Gasteiger partial charge is 0.0507 e. The Kier molecular flexibility index (Phi) is 3.58. The van der Waals surface area contributed by atoms with Crippen LogP contribution in [0.5, 0.6) is 0 Å². The number of hydrogen-bond donors (Lipinski definition) is 1. The fraction of sp³-hybridized carbons (Fsp3) is 1.00. The molecular formula is C10H19NO2. The van der Waals surface area contributed by atoms with Gasteiger partial charge in [0, 0.05) is 26.3 Å². The minimum absolute atomic E-state index is 0.752. The molecule has 13 heavy (non-hydrogen) atoms. The van der Waals surface area contributed by atoms with Crippen molar-refractivity contribution in [2.75, 3.05) is 39.5 Å². The molecule has 2 heterocycles. The first-order valence-corrected chi connectivity index (χ1v) is 5.31. The molecular weight excluding hydrogens is 166 g/mol. The molecule has 0 radical (unpaired) electrons. The van der Waals surface area contributed by atoms with Crippen LogP contribution in [0.3, 0.4) is 0 Å². The molecule has 0 bridgehead atoms. The van der Waals surface area contributed by atoms with Crippen molar-refractivity contribution in [2.24, 2.45) is 11.8 Å². The van der Waals surface area contributed by atoms with E-state index in [9.17, 15) is 0 Å². The lowest BCUT2D eigenvalue weighted by atomic mass is 10.1. The van der Waals surface area contributed by atoms with E-state index in [1.54, 1.807) is 0 Å². The molecule has 2 unspecified atom stereocenters. The Labute approximate surface area is 79.8 Å². The maximum Gasteiger partial charge on any atom is 0.0507 e. The highest BCUT2D eigenvalue weighted by atomic mass is 16.5. The zero-order valence-electron chi connectivity index (χ0n) is 8.13. The van der Waals surface area contributed by atoms with Gasteiger partial charge in [-0.15, -0.1) is 0 Å². The predicted octanol–water partition coefficient (Wildman–Crippen LogP) is 0.649. The van der Waals surface area contributed by atoms with Gasteiger partial charge in [-0.2, -0.15) is 0 Å². The molecule has 0 aromatic carbocycles. The summed E-state index contributed by atoms with van der Waals surface area (Å²) in [6.45, 7) is 6.06. The van der Waals surface area contributed by atoms with Crippen LogP contribution in [0.1, 0.15) is 12.8 Å². The number of ether oxygens (including phenoxy) is 2. The van der Waals surface area contributed by atoms with Crippen molar-refractivity contribution >= 4 is 0 Å². The Bertz CT molecular complexity index is 124. The molecule has 3 nitrogen and oxygen atoms in total. The van der Waals surface area contributed by atoms with Crippen molar-refractivity contribution in [3.63, 3.8) is 0 Å². The molecule has 2 saturated heterocycles. The van der Waals surface area contributed by atoms with Gasteiger partial charge in [0.2, 0.25) is 0 Å². The predicted molar refractivity (Wildman–Crippen MR) is 50.7 cm³/mol. The van der Waals surface area contributed by atoms with Crippen LogP contribution in [0.15, 0.2) is 0 Å². The van der Waals surface area contributed by atoms with Crippen molar-refractivity contribution in [3.05, 3.63) is 0 Å². The maximum atomic E-state index is 5.31. The van der Waals surface area contributed by atoms with Crippen LogP contribution in [0.2, 0.25) is 0 Å². The molecule has 2 aliphatic rings. The van der Waals surface area contributed by atoms with Crippen molar-refractivity contribution in [2.45, 2.75) is 12.8 Å². The standard InChI is InChI=1S/C10H19NO2/c1-3-12-7-9(1)5-11-6-10-2-4-13-8-10/h9-11H,1-8H2. The minimum atomic E-state index is 0.752. The molecule has 2 atom stereocenters. The zero-order valence-corrected chi connectivity index (χ0v) is 8.13. The van der Waals surface area contributed by atoms with Gasteiger partial charge < -0.3 is 14.8 Å². The molecule has 1 N–H and O–H groups in total. The van der Waals surface area contributed by atoms with E-state index in [0.29, 0.717) is 0 Å². The molecule has 2 rings (SSSR count). The summed E-state index contributed by atoms with van der Waals surface area (Å²) in [5.41, 5.74) is 0. The van der Waals surface area contributed by atoms with Gasteiger partial charge in [0.15, 0.2) is 0 Å². The molecule has 2 aliphatic heterocycles. The average molecular weight is 185 g/mol. The lowest BCUT2D eigenvalue weighted by molar-refractivity contribution is 0.181. The Morgan fingerprint density at radius 3 is 1.85 bits per heavy atom. The van der Waals surface area contributed by atoms with E-state index < -0.39 is 0 Å². The van der Waals surface area contributed by atoms with Crippen LogP contribution in [-0.4, -0.2) is 39.5 Å². The number of rotatable bonds is 4. The van der Waals surface area contributed by atoms with E-state index in [1.807, 2.05) is 0 Å². The van der Waals surface area contributed by atoms with Crippen molar-refractivity contribution in [3.8, 4) is 0 Å². The summed E-state index contributed by atoms with van der Waals surface area (Å²) < 4.78 is 10.6. The normalized spacial score (nSPS) is 34.2. The van der Waals surface area contributed by atoms with Crippen LogP contribution >= 0.6 is 0 Å². The zero-order chi connectivity index (χ0) is 8.93. The largest absolute Gasteiger partial charge is 0.381 e. The van der Waals surface area contributed by atoms with Gasteiger partial charge in [0.25, 0.3) is 0 Å². The van der Waals surface area contributed by atoms with Crippen LogP contribution in [-0.2, 0) is 9.47 Å². The van der Waals surface area contributed by atoms with Gasteiger partial charge >= 0.3 is 0 Å². The summed E-state index contributed by atoms with van der Waals surface area (Å²) in [7, 11) is 0. The van der Waals surface area contributed by atoms with Crippen LogP contribution in [0.4, 0.5) is 0 Å². The third kappa shape index (κ3) is 2.93. The molecule has 0 saturated carbocycles. The summed E-state index contributed by atoms with van der Waals surface area (Å²) in [6, 6.07) is 0. The fourth-order valence-corrected chi connectivity index (χ4v) is 1.98. The Hall–Kier alpha value is -0.120. The first kappa shape index (κ1) is 9.44. The van der Waals surface area contributed by atoms with Gasteiger partial charge in [0.05, 0.1) is 13.2 Å². The van der Waals surface area contributed by atoms with Crippen LogP contribution in [0, 0.1) is 11.8 Å². The first-order valence-electron chi connectivity index (χ1n) is 5.31. The molecule has 76 valence electrons. The second-order valence-corrected chi connectivity index (χ2v) is 4.12. The van der Waals surface area contributed by atoms with E-state index >= 15 is 0 Å². The van der Waals surface area contributed by atoms with Gasteiger partial charge in [-0.05, 0) is 24.7 Å². The Morgan fingerprint density at radius 2 is 1.46 bits per heavy atom.